The van der Waals surface area contributed by atoms with Gasteiger partial charge in [0.1, 0.15) is 12.7 Å². The summed E-state index contributed by atoms with van der Waals surface area (Å²) in [7, 11) is 0. The van der Waals surface area contributed by atoms with Gasteiger partial charge in [-0.3, -0.25) is 9.98 Å². The number of amides is 1. The quantitative estimate of drug-likeness (QED) is 0.683. The number of nitrogens with zero attached hydrogens (tertiary/aromatic N) is 3. The SMILES string of the molecule is C=C(C=NC=C(C)C#Cc1cncc(C#N)c1)C1COC(=O)N1. The van der Waals surface area contributed by atoms with E-state index in [1.54, 1.807) is 24.7 Å². The number of aliphatic imine (C=N–C) groups is 1. The lowest BCUT2D eigenvalue weighted by Gasteiger charge is -2.04. The molecule has 1 fully saturated rings. The van der Waals surface area contributed by atoms with E-state index in [1.165, 1.54) is 6.20 Å². The number of carbonyl (C=O) groups excluding carboxylic acids is 1. The Balaban J connectivity index is 1.96. The molecule has 1 saturated heterocycles. The number of pyridine rings is 1. The number of allylic oxidation sites excluding steroid dienone is 1. The standard InChI is InChI=1S/C17H14N4O2/c1-12(3-4-14-5-15(6-18)10-20-9-14)7-19-8-13(2)16-11-23-17(22)21-16/h5,7-10,16H,2,11H2,1H3,(H,21,22). The smallest absolute Gasteiger partial charge is 0.407 e. The first kappa shape index (κ1) is 16.0. The van der Waals surface area contributed by atoms with Crippen molar-refractivity contribution in [3.63, 3.8) is 0 Å². The minimum Gasteiger partial charge on any atom is -0.447 e. The van der Waals surface area contributed by atoms with Crippen molar-refractivity contribution >= 4 is 12.3 Å². The molecule has 1 aromatic rings. The van der Waals surface area contributed by atoms with Crippen molar-refractivity contribution in [2.45, 2.75) is 13.0 Å². The molecule has 1 aliphatic rings. The number of alkyl carbamates (subject to hydrolysis) is 1. The fraction of sp³-hybridized carbons (Fsp3) is 0.176. The molecule has 0 aromatic carbocycles. The maximum absolute atomic E-state index is 10.9. The van der Waals surface area contributed by atoms with E-state index >= 15 is 0 Å². The van der Waals surface area contributed by atoms with Crippen LogP contribution in [0.5, 0.6) is 0 Å². The van der Waals surface area contributed by atoms with Crippen LogP contribution < -0.4 is 5.32 Å². The fourth-order valence-corrected chi connectivity index (χ4v) is 1.69. The molecule has 1 amide bonds. The van der Waals surface area contributed by atoms with Gasteiger partial charge in [0, 0.05) is 35.9 Å². The summed E-state index contributed by atoms with van der Waals surface area (Å²) < 4.78 is 4.78. The van der Waals surface area contributed by atoms with E-state index in [0.29, 0.717) is 16.7 Å². The number of ether oxygens (including phenoxy) is 1. The maximum Gasteiger partial charge on any atom is 0.407 e. The highest BCUT2D eigenvalue weighted by Gasteiger charge is 2.23. The second-order valence-corrected chi connectivity index (χ2v) is 4.78. The van der Waals surface area contributed by atoms with Crippen LogP contribution >= 0.6 is 0 Å². The summed E-state index contributed by atoms with van der Waals surface area (Å²) in [6.07, 6.45) is 5.78. The van der Waals surface area contributed by atoms with Crippen LogP contribution in [0.3, 0.4) is 0 Å². The van der Waals surface area contributed by atoms with Gasteiger partial charge in [-0.25, -0.2) is 4.79 Å². The number of cyclic esters (lactones) is 1. The molecule has 0 radical (unpaired) electrons. The Morgan fingerprint density at radius 2 is 2.35 bits per heavy atom. The summed E-state index contributed by atoms with van der Waals surface area (Å²) in [5.41, 5.74) is 2.52. The van der Waals surface area contributed by atoms with E-state index in [1.807, 2.05) is 13.0 Å². The van der Waals surface area contributed by atoms with E-state index in [4.69, 9.17) is 10.00 Å². The number of carbonyl (C=O) groups is 1. The monoisotopic (exact) mass is 306 g/mol. The van der Waals surface area contributed by atoms with Gasteiger partial charge in [0.25, 0.3) is 0 Å². The predicted octanol–water partition coefficient (Wildman–Crippen LogP) is 1.94. The van der Waals surface area contributed by atoms with Gasteiger partial charge in [-0.15, -0.1) is 0 Å². The van der Waals surface area contributed by atoms with Crippen molar-refractivity contribution in [3.05, 3.63) is 53.5 Å². The largest absolute Gasteiger partial charge is 0.447 e. The Hall–Kier alpha value is -3.38. The molecular formula is C17H14N4O2. The molecule has 1 atom stereocenters. The summed E-state index contributed by atoms with van der Waals surface area (Å²) in [6.45, 7) is 5.91. The summed E-state index contributed by atoms with van der Waals surface area (Å²) in [6, 6.07) is 3.44. The molecule has 114 valence electrons. The van der Waals surface area contributed by atoms with Gasteiger partial charge in [0.2, 0.25) is 0 Å². The Labute approximate surface area is 134 Å². The molecule has 0 saturated carbocycles. The zero-order chi connectivity index (χ0) is 16.7. The molecule has 6 nitrogen and oxygen atoms in total. The highest BCUT2D eigenvalue weighted by molar-refractivity contribution is 5.82. The summed E-state index contributed by atoms with van der Waals surface area (Å²) in [5, 5.41) is 11.4. The van der Waals surface area contributed by atoms with Crippen LogP contribution in [0.4, 0.5) is 4.79 Å². The predicted molar refractivity (Wildman–Crippen MR) is 85.5 cm³/mol. The van der Waals surface area contributed by atoms with Crippen LogP contribution in [0.1, 0.15) is 18.1 Å². The molecule has 1 N–H and O–H groups in total. The topological polar surface area (TPSA) is 87.4 Å². The third-order valence-corrected chi connectivity index (χ3v) is 2.90. The number of aromatic nitrogens is 1. The minimum absolute atomic E-state index is 0.245. The summed E-state index contributed by atoms with van der Waals surface area (Å²) >= 11 is 0. The second-order valence-electron chi connectivity index (χ2n) is 4.78. The van der Waals surface area contributed by atoms with Crippen LogP contribution in [-0.2, 0) is 4.74 Å². The minimum atomic E-state index is -0.449. The first-order valence-electron chi connectivity index (χ1n) is 6.77. The normalized spacial score (nSPS) is 17.0. The van der Waals surface area contributed by atoms with Gasteiger partial charge < -0.3 is 10.1 Å². The van der Waals surface area contributed by atoms with Crippen LogP contribution in [0.25, 0.3) is 0 Å². The van der Waals surface area contributed by atoms with Gasteiger partial charge in [0.15, 0.2) is 0 Å². The molecular weight excluding hydrogens is 292 g/mol. The molecule has 23 heavy (non-hydrogen) atoms. The van der Waals surface area contributed by atoms with Crippen molar-refractivity contribution in [1.29, 1.82) is 5.26 Å². The van der Waals surface area contributed by atoms with Crippen LogP contribution in [-0.4, -0.2) is 29.9 Å². The Morgan fingerprint density at radius 3 is 3.04 bits per heavy atom. The highest BCUT2D eigenvalue weighted by atomic mass is 16.6. The number of nitrogens with one attached hydrogen (secondary N) is 1. The Bertz CT molecular complexity index is 791. The number of nitriles is 1. The lowest BCUT2D eigenvalue weighted by Crippen LogP contribution is -2.28. The van der Waals surface area contributed by atoms with E-state index < -0.39 is 6.09 Å². The van der Waals surface area contributed by atoms with Crippen LogP contribution in [0.15, 0.2) is 47.4 Å². The van der Waals surface area contributed by atoms with Gasteiger partial charge in [-0.2, -0.15) is 5.26 Å². The van der Waals surface area contributed by atoms with Gasteiger partial charge in [-0.05, 0) is 18.6 Å². The van der Waals surface area contributed by atoms with E-state index in [-0.39, 0.29) is 12.6 Å². The molecule has 0 aliphatic carbocycles. The molecule has 0 spiro atoms. The molecule has 0 bridgehead atoms. The van der Waals surface area contributed by atoms with Crippen LogP contribution in [0.2, 0.25) is 0 Å². The number of hydrogen-bond donors (Lipinski definition) is 1. The van der Waals surface area contributed by atoms with Crippen molar-refractivity contribution in [3.8, 4) is 17.9 Å². The number of rotatable bonds is 3. The summed E-state index contributed by atoms with van der Waals surface area (Å²) in [4.78, 5) is 19.0. The fourth-order valence-electron chi connectivity index (χ4n) is 1.69. The molecule has 1 aliphatic heterocycles. The van der Waals surface area contributed by atoms with Crippen molar-refractivity contribution in [2.24, 2.45) is 4.99 Å². The molecule has 1 unspecified atom stereocenters. The lowest BCUT2D eigenvalue weighted by molar-refractivity contribution is 0.177. The summed E-state index contributed by atoms with van der Waals surface area (Å²) in [5.74, 6) is 5.84. The first-order valence-corrected chi connectivity index (χ1v) is 6.77. The van der Waals surface area contributed by atoms with Gasteiger partial charge >= 0.3 is 6.09 Å². The van der Waals surface area contributed by atoms with E-state index in [0.717, 1.165) is 5.57 Å². The number of hydrogen-bond acceptors (Lipinski definition) is 5. The van der Waals surface area contributed by atoms with Crippen molar-refractivity contribution < 1.29 is 9.53 Å². The molecule has 1 aromatic heterocycles. The maximum atomic E-state index is 10.9. The average Bonchev–Trinajstić information content (AvgIpc) is 2.99. The lowest BCUT2D eigenvalue weighted by atomic mass is 10.1. The van der Waals surface area contributed by atoms with Gasteiger partial charge in [0.05, 0.1) is 11.6 Å². The van der Waals surface area contributed by atoms with E-state index in [2.05, 4.69) is 33.7 Å². The highest BCUT2D eigenvalue weighted by Crippen LogP contribution is 2.05. The molecule has 6 heteroatoms. The molecule has 2 rings (SSSR count). The zero-order valence-corrected chi connectivity index (χ0v) is 12.5. The van der Waals surface area contributed by atoms with Crippen molar-refractivity contribution in [2.75, 3.05) is 6.61 Å². The third-order valence-electron chi connectivity index (χ3n) is 2.90. The Kier molecular flexibility index (Phi) is 5.27. The Morgan fingerprint density at radius 1 is 1.57 bits per heavy atom. The van der Waals surface area contributed by atoms with Crippen LogP contribution in [0, 0.1) is 23.2 Å². The van der Waals surface area contributed by atoms with E-state index in [9.17, 15) is 4.79 Å². The third kappa shape index (κ3) is 4.83. The van der Waals surface area contributed by atoms with Crippen molar-refractivity contribution in [1.82, 2.24) is 10.3 Å². The zero-order valence-electron chi connectivity index (χ0n) is 12.5. The first-order chi connectivity index (χ1) is 11.1. The van der Waals surface area contributed by atoms with Gasteiger partial charge in [-0.1, -0.05) is 18.4 Å². The second kappa shape index (κ2) is 7.58. The average molecular weight is 306 g/mol. The molecule has 2 heterocycles.